The van der Waals surface area contributed by atoms with Crippen molar-refractivity contribution in [3.8, 4) is 5.75 Å². The van der Waals surface area contributed by atoms with E-state index in [2.05, 4.69) is 10.2 Å². The maximum atomic E-state index is 12.4. The summed E-state index contributed by atoms with van der Waals surface area (Å²) in [6.45, 7) is 2.90. The van der Waals surface area contributed by atoms with Crippen molar-refractivity contribution in [2.45, 2.75) is 25.8 Å². The van der Waals surface area contributed by atoms with Gasteiger partial charge in [-0.2, -0.15) is 0 Å². The number of benzene rings is 2. The molecule has 2 aliphatic heterocycles. The van der Waals surface area contributed by atoms with E-state index in [1.807, 2.05) is 13.0 Å². The molecule has 0 radical (unpaired) electrons. The fourth-order valence-corrected chi connectivity index (χ4v) is 3.76. The Hall–Kier alpha value is -3.35. The average molecular weight is 394 g/mol. The second kappa shape index (κ2) is 7.95. The van der Waals surface area contributed by atoms with Crippen molar-refractivity contribution in [2.24, 2.45) is 0 Å². The predicted octanol–water partition coefficient (Wildman–Crippen LogP) is 3.05. The molecule has 0 bridgehead atoms. The zero-order valence-electron chi connectivity index (χ0n) is 16.1. The highest BCUT2D eigenvalue weighted by Crippen LogP contribution is 2.37. The number of nitrogens with one attached hydrogen (secondary N) is 1. The SMILES string of the molecule is CCOc1ccc(C(=O)COC(=O)c2ccc3c(c2)NC(=O)[C@H]2CCCN32)cc1. The van der Waals surface area contributed by atoms with E-state index >= 15 is 0 Å². The van der Waals surface area contributed by atoms with Gasteiger partial charge in [-0.1, -0.05) is 0 Å². The molecule has 7 heteroatoms. The first-order valence-corrected chi connectivity index (χ1v) is 9.71. The van der Waals surface area contributed by atoms with Crippen LogP contribution in [0.3, 0.4) is 0 Å². The summed E-state index contributed by atoms with van der Waals surface area (Å²) in [7, 11) is 0. The highest BCUT2D eigenvalue weighted by Gasteiger charge is 2.36. The number of nitrogens with zero attached hydrogens (tertiary/aromatic N) is 1. The van der Waals surface area contributed by atoms with Crippen LogP contribution < -0.4 is 15.0 Å². The molecular formula is C22H22N2O5. The molecule has 29 heavy (non-hydrogen) atoms. The van der Waals surface area contributed by atoms with Crippen LogP contribution in [0.25, 0.3) is 0 Å². The molecule has 1 N–H and O–H groups in total. The van der Waals surface area contributed by atoms with Gasteiger partial charge in [-0.15, -0.1) is 0 Å². The number of ether oxygens (including phenoxy) is 2. The number of hydrogen-bond acceptors (Lipinski definition) is 6. The summed E-state index contributed by atoms with van der Waals surface area (Å²) in [6, 6.07) is 11.6. The Kier molecular flexibility index (Phi) is 5.20. The van der Waals surface area contributed by atoms with E-state index in [4.69, 9.17) is 9.47 Å². The highest BCUT2D eigenvalue weighted by molar-refractivity contribution is 6.06. The summed E-state index contributed by atoms with van der Waals surface area (Å²) in [5.41, 5.74) is 2.25. The van der Waals surface area contributed by atoms with E-state index in [0.29, 0.717) is 29.2 Å². The second-order valence-corrected chi connectivity index (χ2v) is 7.03. The molecule has 1 atom stereocenters. The van der Waals surface area contributed by atoms with Gasteiger partial charge < -0.3 is 19.7 Å². The van der Waals surface area contributed by atoms with Crippen LogP contribution in [0.2, 0.25) is 0 Å². The van der Waals surface area contributed by atoms with Crippen LogP contribution in [0.5, 0.6) is 5.75 Å². The number of ketones is 1. The Morgan fingerprint density at radius 2 is 1.90 bits per heavy atom. The zero-order valence-corrected chi connectivity index (χ0v) is 16.1. The average Bonchev–Trinajstić information content (AvgIpc) is 3.23. The second-order valence-electron chi connectivity index (χ2n) is 7.03. The number of esters is 1. The Labute approximate surface area is 168 Å². The fraction of sp³-hybridized carbons (Fsp3) is 0.318. The first-order chi connectivity index (χ1) is 14.1. The smallest absolute Gasteiger partial charge is 0.338 e. The third-order valence-electron chi connectivity index (χ3n) is 5.18. The molecule has 2 heterocycles. The van der Waals surface area contributed by atoms with E-state index in [0.717, 1.165) is 25.1 Å². The topological polar surface area (TPSA) is 84.9 Å². The molecule has 0 saturated carbocycles. The molecule has 0 aromatic heterocycles. The van der Waals surface area contributed by atoms with Crippen LogP contribution in [0, 0.1) is 0 Å². The normalized spacial score (nSPS) is 17.2. The maximum absolute atomic E-state index is 12.4. The summed E-state index contributed by atoms with van der Waals surface area (Å²) in [5.74, 6) is -0.277. The van der Waals surface area contributed by atoms with Gasteiger partial charge in [0.2, 0.25) is 5.91 Å². The van der Waals surface area contributed by atoms with Crippen molar-refractivity contribution < 1.29 is 23.9 Å². The van der Waals surface area contributed by atoms with Gasteiger partial charge in [-0.3, -0.25) is 9.59 Å². The molecule has 0 spiro atoms. The lowest BCUT2D eigenvalue weighted by atomic mass is 10.1. The molecule has 0 aliphatic carbocycles. The molecule has 0 unspecified atom stereocenters. The minimum atomic E-state index is -0.607. The van der Waals surface area contributed by atoms with E-state index in [1.54, 1.807) is 36.4 Å². The molecule has 2 aliphatic rings. The van der Waals surface area contributed by atoms with E-state index in [-0.39, 0.29) is 24.3 Å². The molecule has 2 aromatic carbocycles. The predicted molar refractivity (Wildman–Crippen MR) is 108 cm³/mol. The Bertz CT molecular complexity index is 954. The van der Waals surface area contributed by atoms with E-state index in [1.165, 1.54) is 0 Å². The number of fused-ring (bicyclic) bond motifs is 3. The van der Waals surface area contributed by atoms with Crippen molar-refractivity contribution in [1.82, 2.24) is 0 Å². The van der Waals surface area contributed by atoms with E-state index < -0.39 is 5.97 Å². The van der Waals surface area contributed by atoms with Crippen LogP contribution in [-0.2, 0) is 9.53 Å². The van der Waals surface area contributed by atoms with Gasteiger partial charge in [0.05, 0.1) is 23.5 Å². The summed E-state index contributed by atoms with van der Waals surface area (Å²) >= 11 is 0. The van der Waals surface area contributed by atoms with Gasteiger partial charge in [-0.25, -0.2) is 4.79 Å². The van der Waals surface area contributed by atoms with Gasteiger partial charge in [-0.05, 0) is 62.2 Å². The minimum absolute atomic E-state index is 0.0498. The lowest BCUT2D eigenvalue weighted by Gasteiger charge is -2.33. The molecule has 2 aromatic rings. The van der Waals surface area contributed by atoms with Crippen LogP contribution in [0.15, 0.2) is 42.5 Å². The van der Waals surface area contributed by atoms with Gasteiger partial charge in [0.25, 0.3) is 0 Å². The van der Waals surface area contributed by atoms with Crippen LogP contribution in [-0.4, -0.2) is 43.5 Å². The van der Waals surface area contributed by atoms with Crippen LogP contribution >= 0.6 is 0 Å². The number of rotatable bonds is 6. The lowest BCUT2D eigenvalue weighted by Crippen LogP contribution is -2.43. The van der Waals surface area contributed by atoms with E-state index in [9.17, 15) is 14.4 Å². The number of carbonyl (C=O) groups is 3. The van der Waals surface area contributed by atoms with Crippen molar-refractivity contribution in [1.29, 1.82) is 0 Å². The summed E-state index contributed by atoms with van der Waals surface area (Å²) in [4.78, 5) is 39.0. The van der Waals surface area contributed by atoms with Crippen molar-refractivity contribution in [3.63, 3.8) is 0 Å². The standard InChI is InChI=1S/C22H22N2O5/c1-2-28-16-8-5-14(6-9-16)20(25)13-29-22(27)15-7-10-18-17(12-15)23-21(26)19-4-3-11-24(18)19/h5-10,12,19H,2-4,11,13H2,1H3,(H,23,26)/t19-/m1/s1. The van der Waals surface area contributed by atoms with Crippen molar-refractivity contribution >= 4 is 29.0 Å². The maximum Gasteiger partial charge on any atom is 0.338 e. The Morgan fingerprint density at radius 1 is 1.14 bits per heavy atom. The fourth-order valence-electron chi connectivity index (χ4n) is 3.76. The van der Waals surface area contributed by atoms with Crippen LogP contribution in [0.1, 0.15) is 40.5 Å². The van der Waals surface area contributed by atoms with Crippen molar-refractivity contribution in [2.75, 3.05) is 30.0 Å². The first kappa shape index (κ1) is 19.0. The van der Waals surface area contributed by atoms with Crippen molar-refractivity contribution in [3.05, 3.63) is 53.6 Å². The third-order valence-corrected chi connectivity index (χ3v) is 5.18. The van der Waals surface area contributed by atoms with Crippen LogP contribution in [0.4, 0.5) is 11.4 Å². The monoisotopic (exact) mass is 394 g/mol. The molecular weight excluding hydrogens is 372 g/mol. The number of Topliss-reactive ketones (excluding diaryl/α,β-unsaturated/α-hetero) is 1. The molecule has 1 amide bonds. The molecule has 7 nitrogen and oxygen atoms in total. The molecule has 1 fully saturated rings. The zero-order chi connectivity index (χ0) is 20.4. The van der Waals surface area contributed by atoms with Gasteiger partial charge in [0.1, 0.15) is 11.8 Å². The largest absolute Gasteiger partial charge is 0.494 e. The minimum Gasteiger partial charge on any atom is -0.494 e. The third kappa shape index (κ3) is 3.81. The molecule has 4 rings (SSSR count). The lowest BCUT2D eigenvalue weighted by molar-refractivity contribution is -0.117. The summed E-state index contributed by atoms with van der Waals surface area (Å²) in [6.07, 6.45) is 1.80. The summed E-state index contributed by atoms with van der Waals surface area (Å²) in [5, 5.41) is 2.87. The quantitative estimate of drug-likeness (QED) is 0.599. The number of hydrogen-bond donors (Lipinski definition) is 1. The molecule has 1 saturated heterocycles. The Morgan fingerprint density at radius 3 is 2.66 bits per heavy atom. The van der Waals surface area contributed by atoms with Gasteiger partial charge >= 0.3 is 5.97 Å². The van der Waals surface area contributed by atoms with Gasteiger partial charge in [0, 0.05) is 12.1 Å². The molecule has 150 valence electrons. The highest BCUT2D eigenvalue weighted by atomic mass is 16.5. The van der Waals surface area contributed by atoms with Gasteiger partial charge in [0.15, 0.2) is 12.4 Å². The first-order valence-electron chi connectivity index (χ1n) is 9.71. The number of amides is 1. The summed E-state index contributed by atoms with van der Waals surface area (Å²) < 4.78 is 10.5. The number of carbonyl (C=O) groups excluding carboxylic acids is 3. The Balaban J connectivity index is 1.41. The number of anilines is 2.